The van der Waals surface area contributed by atoms with Crippen LogP contribution in [0, 0.1) is 5.82 Å². The van der Waals surface area contributed by atoms with Gasteiger partial charge in [0.1, 0.15) is 5.82 Å². The molecule has 1 saturated carbocycles. The summed E-state index contributed by atoms with van der Waals surface area (Å²) >= 11 is 1.30. The van der Waals surface area contributed by atoms with Crippen LogP contribution in [0.1, 0.15) is 49.1 Å². The molecule has 3 nitrogen and oxygen atoms in total. The number of halogens is 1. The summed E-state index contributed by atoms with van der Waals surface area (Å²) in [6, 6.07) is 13.8. The minimum absolute atomic E-state index is 0.0238. The quantitative estimate of drug-likeness (QED) is 0.589. The van der Waals surface area contributed by atoms with E-state index < -0.39 is 0 Å². The van der Waals surface area contributed by atoms with Crippen LogP contribution in [-0.4, -0.2) is 17.6 Å². The monoisotopic (exact) mass is 384 g/mol. The molecule has 0 bridgehead atoms. The Bertz CT molecular complexity index is 939. The second-order valence-corrected chi connectivity index (χ2v) is 8.52. The Hall–Kier alpha value is -1.98. The highest BCUT2D eigenvalue weighted by molar-refractivity contribution is 7.16. The van der Waals surface area contributed by atoms with Crippen molar-refractivity contribution in [2.45, 2.75) is 50.5 Å². The Morgan fingerprint density at radius 3 is 2.63 bits per heavy atom. The summed E-state index contributed by atoms with van der Waals surface area (Å²) in [5.74, 6) is 0.433. The first kappa shape index (κ1) is 18.4. The van der Waals surface area contributed by atoms with E-state index >= 15 is 0 Å². The van der Waals surface area contributed by atoms with Crippen LogP contribution in [-0.2, 0) is 6.42 Å². The first-order chi connectivity index (χ1) is 13.2. The summed E-state index contributed by atoms with van der Waals surface area (Å²) in [6.07, 6.45) is 6.85. The number of aryl methyl sites for hydroxylation is 1. The smallest absolute Gasteiger partial charge is 0.305 e. The van der Waals surface area contributed by atoms with Crippen molar-refractivity contribution >= 4 is 21.6 Å². The molecule has 1 fully saturated rings. The van der Waals surface area contributed by atoms with E-state index in [1.165, 1.54) is 60.3 Å². The van der Waals surface area contributed by atoms with Crippen molar-refractivity contribution in [2.24, 2.45) is 0 Å². The molecule has 27 heavy (non-hydrogen) atoms. The molecule has 1 aliphatic rings. The third-order valence-corrected chi connectivity index (χ3v) is 6.48. The Kier molecular flexibility index (Phi) is 5.69. The van der Waals surface area contributed by atoms with E-state index in [2.05, 4.69) is 22.4 Å². The minimum Gasteiger partial charge on any atom is -0.314 e. The number of hydrogen-bond acceptors (Lipinski definition) is 3. The van der Waals surface area contributed by atoms with Crippen molar-refractivity contribution in [3.05, 3.63) is 69.1 Å². The molecule has 1 heterocycles. The van der Waals surface area contributed by atoms with Crippen LogP contribution >= 0.6 is 11.3 Å². The van der Waals surface area contributed by atoms with E-state index in [1.54, 1.807) is 0 Å². The number of H-pyrrole nitrogens is 1. The van der Waals surface area contributed by atoms with Gasteiger partial charge in [-0.25, -0.2) is 4.39 Å². The van der Waals surface area contributed by atoms with Gasteiger partial charge in [-0.2, -0.15) is 0 Å². The highest BCUT2D eigenvalue weighted by atomic mass is 32.1. The van der Waals surface area contributed by atoms with Crippen LogP contribution in [0.4, 0.5) is 4.39 Å². The van der Waals surface area contributed by atoms with E-state index in [0.29, 0.717) is 12.0 Å². The van der Waals surface area contributed by atoms with Gasteiger partial charge in [-0.3, -0.25) is 4.79 Å². The molecule has 0 saturated heterocycles. The number of aromatic nitrogens is 1. The summed E-state index contributed by atoms with van der Waals surface area (Å²) < 4.78 is 14.0. The van der Waals surface area contributed by atoms with Crippen LogP contribution in [0.3, 0.4) is 0 Å². The number of hydrogen-bond donors (Lipinski definition) is 2. The summed E-state index contributed by atoms with van der Waals surface area (Å²) in [6.45, 7) is 1.01. The van der Waals surface area contributed by atoms with Crippen molar-refractivity contribution in [2.75, 3.05) is 6.54 Å². The topological polar surface area (TPSA) is 44.9 Å². The summed E-state index contributed by atoms with van der Waals surface area (Å²) in [4.78, 5) is 14.4. The highest BCUT2D eigenvalue weighted by Crippen LogP contribution is 2.34. The van der Waals surface area contributed by atoms with Gasteiger partial charge >= 0.3 is 4.87 Å². The molecular formula is C22H25FN2OS. The average Bonchev–Trinajstić information content (AvgIpc) is 3.06. The van der Waals surface area contributed by atoms with Gasteiger partial charge in [0.15, 0.2) is 0 Å². The van der Waals surface area contributed by atoms with Gasteiger partial charge in [-0.1, -0.05) is 29.5 Å². The zero-order chi connectivity index (χ0) is 18.6. The lowest BCUT2D eigenvalue weighted by atomic mass is 9.81. The fourth-order valence-corrected chi connectivity index (χ4v) is 4.88. The van der Waals surface area contributed by atoms with E-state index in [9.17, 15) is 9.18 Å². The number of rotatable bonds is 6. The van der Waals surface area contributed by atoms with Crippen molar-refractivity contribution in [3.63, 3.8) is 0 Å². The molecule has 0 radical (unpaired) electrons. The summed E-state index contributed by atoms with van der Waals surface area (Å²) in [5.41, 5.74) is 3.52. The van der Waals surface area contributed by atoms with Crippen molar-refractivity contribution in [1.29, 1.82) is 0 Å². The Balaban J connectivity index is 1.22. The predicted molar refractivity (Wildman–Crippen MR) is 110 cm³/mol. The molecule has 3 aromatic rings. The van der Waals surface area contributed by atoms with Crippen LogP contribution in [0.5, 0.6) is 0 Å². The number of benzene rings is 2. The zero-order valence-corrected chi connectivity index (χ0v) is 16.2. The third-order valence-electron chi connectivity index (χ3n) is 5.63. The van der Waals surface area contributed by atoms with Crippen molar-refractivity contribution in [1.82, 2.24) is 10.3 Å². The van der Waals surface area contributed by atoms with Gasteiger partial charge in [-0.15, -0.1) is 0 Å². The minimum atomic E-state index is -0.168. The second-order valence-electron chi connectivity index (χ2n) is 7.50. The third kappa shape index (κ3) is 4.66. The van der Waals surface area contributed by atoms with Gasteiger partial charge in [0.2, 0.25) is 0 Å². The number of aromatic amines is 1. The van der Waals surface area contributed by atoms with Crippen LogP contribution in [0.15, 0.2) is 47.3 Å². The molecule has 5 heteroatoms. The fraction of sp³-hybridized carbons (Fsp3) is 0.409. The molecule has 1 aliphatic carbocycles. The average molecular weight is 385 g/mol. The molecule has 0 amide bonds. The molecule has 0 spiro atoms. The van der Waals surface area contributed by atoms with Crippen LogP contribution in [0.25, 0.3) is 10.2 Å². The zero-order valence-electron chi connectivity index (χ0n) is 15.3. The van der Waals surface area contributed by atoms with Crippen molar-refractivity contribution < 1.29 is 4.39 Å². The largest absolute Gasteiger partial charge is 0.314 e. The van der Waals surface area contributed by atoms with Gasteiger partial charge in [0.25, 0.3) is 0 Å². The molecule has 0 unspecified atom stereocenters. The molecule has 2 N–H and O–H groups in total. The molecule has 1 aromatic heterocycles. The lowest BCUT2D eigenvalue weighted by Gasteiger charge is -2.29. The lowest BCUT2D eigenvalue weighted by molar-refractivity contribution is 0.342. The molecule has 142 valence electrons. The van der Waals surface area contributed by atoms with E-state index in [4.69, 9.17) is 0 Å². The number of nitrogens with one attached hydrogen (secondary N) is 2. The standard InChI is InChI=1S/C22H25FN2OS/c23-18-8-3-15(4-9-18)2-1-13-24-19-10-5-16(6-11-19)17-7-12-20-21(14-17)27-22(26)25-20/h3-4,7-9,12,14,16,19,24H,1-2,5-6,10-11,13H2,(H,25,26)/t16-,19-. The second kappa shape index (κ2) is 8.36. The summed E-state index contributed by atoms with van der Waals surface area (Å²) in [7, 11) is 0. The number of thiazole rings is 1. The first-order valence-corrected chi connectivity index (χ1v) is 10.6. The van der Waals surface area contributed by atoms with Crippen LogP contribution in [0.2, 0.25) is 0 Å². The molecule has 0 atom stereocenters. The van der Waals surface area contributed by atoms with Crippen molar-refractivity contribution in [3.8, 4) is 0 Å². The van der Waals surface area contributed by atoms with E-state index in [0.717, 1.165) is 29.6 Å². The maximum absolute atomic E-state index is 12.9. The van der Waals surface area contributed by atoms with Crippen LogP contribution < -0.4 is 10.2 Å². The number of fused-ring (bicyclic) bond motifs is 1. The van der Waals surface area contributed by atoms with Gasteiger partial charge in [0, 0.05) is 6.04 Å². The van der Waals surface area contributed by atoms with Gasteiger partial charge < -0.3 is 10.3 Å². The lowest BCUT2D eigenvalue weighted by Crippen LogP contribution is -2.33. The van der Waals surface area contributed by atoms with E-state index in [1.807, 2.05) is 18.2 Å². The fourth-order valence-electron chi connectivity index (χ4n) is 4.10. The maximum atomic E-state index is 12.9. The highest BCUT2D eigenvalue weighted by Gasteiger charge is 2.22. The normalized spacial score (nSPS) is 20.2. The Morgan fingerprint density at radius 1 is 1.07 bits per heavy atom. The predicted octanol–water partition coefficient (Wildman–Crippen LogP) is 4.98. The van der Waals surface area contributed by atoms with Gasteiger partial charge in [0.05, 0.1) is 10.2 Å². The summed E-state index contributed by atoms with van der Waals surface area (Å²) in [5, 5.41) is 3.69. The molecule has 4 rings (SSSR count). The first-order valence-electron chi connectivity index (χ1n) is 9.78. The Morgan fingerprint density at radius 2 is 1.85 bits per heavy atom. The van der Waals surface area contributed by atoms with Gasteiger partial charge in [-0.05, 0) is 86.4 Å². The Labute approximate surface area is 162 Å². The SMILES string of the molecule is O=c1[nH]c2ccc([C@H]3CC[C@H](NCCCc4ccc(F)cc4)CC3)cc2s1. The molecule has 2 aromatic carbocycles. The molecule has 0 aliphatic heterocycles. The molecular weight excluding hydrogens is 359 g/mol. The maximum Gasteiger partial charge on any atom is 0.305 e. The van der Waals surface area contributed by atoms with E-state index in [-0.39, 0.29) is 10.7 Å².